The molecule has 21 heavy (non-hydrogen) atoms. The normalized spacial score (nSPS) is 10.5. The molecule has 0 spiro atoms. The van der Waals surface area contributed by atoms with Gasteiger partial charge in [0.2, 0.25) is 0 Å². The van der Waals surface area contributed by atoms with E-state index < -0.39 is 5.97 Å². The zero-order valence-electron chi connectivity index (χ0n) is 11.7. The van der Waals surface area contributed by atoms with Gasteiger partial charge in [0.1, 0.15) is 12.2 Å². The Morgan fingerprint density at radius 1 is 1.14 bits per heavy atom. The molecule has 0 aliphatic rings. The number of aromatic hydroxyl groups is 1. The van der Waals surface area contributed by atoms with Gasteiger partial charge in [-0.25, -0.2) is 4.79 Å². The molecule has 0 fully saturated rings. The summed E-state index contributed by atoms with van der Waals surface area (Å²) in [6.07, 6.45) is 3.60. The molecule has 0 amide bonds. The van der Waals surface area contributed by atoms with Crippen LogP contribution in [0.3, 0.4) is 0 Å². The van der Waals surface area contributed by atoms with Crippen LogP contribution in [0.15, 0.2) is 54.6 Å². The van der Waals surface area contributed by atoms with Crippen LogP contribution >= 0.6 is 0 Å². The number of carbonyl (C=O) groups is 1. The fourth-order valence-electron chi connectivity index (χ4n) is 1.80. The van der Waals surface area contributed by atoms with Crippen molar-refractivity contribution in [2.24, 2.45) is 0 Å². The van der Waals surface area contributed by atoms with Gasteiger partial charge < -0.3 is 14.6 Å². The highest BCUT2D eigenvalue weighted by Gasteiger charge is 2.15. The molecule has 0 aliphatic carbocycles. The molecule has 4 nitrogen and oxygen atoms in total. The first-order chi connectivity index (χ1) is 10.2. The predicted molar refractivity (Wildman–Crippen MR) is 80.4 cm³/mol. The van der Waals surface area contributed by atoms with Crippen molar-refractivity contribution in [3.8, 4) is 11.5 Å². The number of methoxy groups -OCH3 is 1. The van der Waals surface area contributed by atoms with Crippen molar-refractivity contribution in [2.45, 2.75) is 0 Å². The molecule has 2 aromatic carbocycles. The van der Waals surface area contributed by atoms with Crippen molar-refractivity contribution in [1.29, 1.82) is 0 Å². The van der Waals surface area contributed by atoms with E-state index in [1.807, 2.05) is 36.4 Å². The average molecular weight is 284 g/mol. The lowest BCUT2D eigenvalue weighted by Crippen LogP contribution is -2.05. The van der Waals surface area contributed by atoms with Gasteiger partial charge in [-0.3, -0.25) is 0 Å². The average Bonchev–Trinajstić information content (AvgIpc) is 2.52. The molecule has 0 saturated carbocycles. The molecule has 2 aromatic rings. The molecule has 0 bridgehead atoms. The largest absolute Gasteiger partial charge is 0.504 e. The van der Waals surface area contributed by atoms with Crippen LogP contribution < -0.4 is 4.74 Å². The molecule has 2 rings (SSSR count). The van der Waals surface area contributed by atoms with Crippen LogP contribution in [0.25, 0.3) is 6.08 Å². The van der Waals surface area contributed by atoms with Crippen molar-refractivity contribution in [3.63, 3.8) is 0 Å². The summed E-state index contributed by atoms with van der Waals surface area (Å²) in [5.41, 5.74) is 1.11. The van der Waals surface area contributed by atoms with Gasteiger partial charge in [0.25, 0.3) is 0 Å². The predicted octanol–water partition coefficient (Wildman–Crippen LogP) is 3.27. The van der Waals surface area contributed by atoms with Crippen molar-refractivity contribution in [3.05, 3.63) is 65.7 Å². The minimum absolute atomic E-state index is 0.0856. The molecule has 1 N–H and O–H groups in total. The quantitative estimate of drug-likeness (QED) is 0.856. The molecule has 0 saturated heterocycles. The fraction of sp³-hybridized carbons (Fsp3) is 0.118. The molecular formula is C17H16O4. The van der Waals surface area contributed by atoms with Crippen LogP contribution in [0, 0.1) is 0 Å². The summed E-state index contributed by atoms with van der Waals surface area (Å²) in [6.45, 7) is 0.129. The minimum atomic E-state index is -0.593. The highest BCUT2D eigenvalue weighted by Crippen LogP contribution is 2.29. The number of esters is 1. The Balaban J connectivity index is 1.95. The third-order valence-corrected chi connectivity index (χ3v) is 2.86. The van der Waals surface area contributed by atoms with Crippen molar-refractivity contribution < 1.29 is 19.4 Å². The second kappa shape index (κ2) is 7.14. The molecule has 0 heterocycles. The summed E-state index contributed by atoms with van der Waals surface area (Å²) < 4.78 is 10.0. The zero-order valence-corrected chi connectivity index (χ0v) is 11.7. The minimum Gasteiger partial charge on any atom is -0.504 e. The maximum Gasteiger partial charge on any atom is 0.342 e. The molecule has 4 heteroatoms. The Labute approximate surface area is 123 Å². The monoisotopic (exact) mass is 284 g/mol. The maximum atomic E-state index is 11.9. The van der Waals surface area contributed by atoms with Crippen LogP contribution in [-0.4, -0.2) is 24.8 Å². The first kappa shape index (κ1) is 14.7. The molecular weight excluding hydrogens is 268 g/mol. The first-order valence-corrected chi connectivity index (χ1v) is 6.47. The van der Waals surface area contributed by atoms with E-state index >= 15 is 0 Å². The number of ether oxygens (including phenoxy) is 2. The molecule has 0 aliphatic heterocycles. The summed E-state index contributed by atoms with van der Waals surface area (Å²) in [7, 11) is 1.42. The van der Waals surface area contributed by atoms with Crippen molar-refractivity contribution in [1.82, 2.24) is 0 Å². The number of phenolic OH excluding ortho intramolecular Hbond substituents is 1. The molecule has 0 aromatic heterocycles. The third kappa shape index (κ3) is 3.86. The number of para-hydroxylation sites is 1. The van der Waals surface area contributed by atoms with E-state index in [4.69, 9.17) is 9.47 Å². The highest BCUT2D eigenvalue weighted by molar-refractivity contribution is 5.93. The SMILES string of the molecule is COc1cccc(C(=O)OC/C=C\c2ccccc2)c1O. The molecule has 0 radical (unpaired) electrons. The van der Waals surface area contributed by atoms with E-state index in [2.05, 4.69) is 0 Å². The maximum absolute atomic E-state index is 11.9. The number of carbonyl (C=O) groups excluding carboxylic acids is 1. The first-order valence-electron chi connectivity index (χ1n) is 6.47. The van der Waals surface area contributed by atoms with Gasteiger partial charge in [0.15, 0.2) is 11.5 Å². The summed E-state index contributed by atoms with van der Waals surface area (Å²) in [6, 6.07) is 14.4. The van der Waals surface area contributed by atoms with Crippen molar-refractivity contribution >= 4 is 12.0 Å². The van der Waals surface area contributed by atoms with E-state index in [9.17, 15) is 9.90 Å². The van der Waals surface area contributed by atoms with E-state index in [1.165, 1.54) is 13.2 Å². The van der Waals surface area contributed by atoms with Gasteiger partial charge in [0, 0.05) is 0 Å². The van der Waals surface area contributed by atoms with E-state index in [0.29, 0.717) is 0 Å². The molecule has 0 atom stereocenters. The standard InChI is InChI=1S/C17H16O4/c1-20-15-11-5-10-14(16(15)18)17(19)21-12-6-9-13-7-3-2-4-8-13/h2-11,18H,12H2,1H3/b9-6-. The number of phenols is 1. The van der Waals surface area contributed by atoms with E-state index in [-0.39, 0.29) is 23.7 Å². The lowest BCUT2D eigenvalue weighted by Gasteiger charge is -2.07. The number of rotatable bonds is 5. The Morgan fingerprint density at radius 2 is 1.90 bits per heavy atom. The highest BCUT2D eigenvalue weighted by atomic mass is 16.5. The Hall–Kier alpha value is -2.75. The lowest BCUT2D eigenvalue weighted by atomic mass is 10.2. The second-order valence-corrected chi connectivity index (χ2v) is 4.27. The lowest BCUT2D eigenvalue weighted by molar-refractivity contribution is 0.0546. The summed E-state index contributed by atoms with van der Waals surface area (Å²) in [5, 5.41) is 9.85. The summed E-state index contributed by atoms with van der Waals surface area (Å²) >= 11 is 0. The summed E-state index contributed by atoms with van der Waals surface area (Å²) in [5.74, 6) is -0.564. The van der Waals surface area contributed by atoms with Gasteiger partial charge in [-0.1, -0.05) is 42.5 Å². The van der Waals surface area contributed by atoms with E-state index in [0.717, 1.165) is 5.56 Å². The molecule has 0 unspecified atom stereocenters. The second-order valence-electron chi connectivity index (χ2n) is 4.27. The van der Waals surface area contributed by atoms with Crippen molar-refractivity contribution in [2.75, 3.05) is 13.7 Å². The summed E-state index contributed by atoms with van der Waals surface area (Å²) in [4.78, 5) is 11.9. The van der Waals surface area contributed by atoms with Crippen LogP contribution in [0.4, 0.5) is 0 Å². The van der Waals surface area contributed by atoms with Gasteiger partial charge in [-0.2, -0.15) is 0 Å². The Morgan fingerprint density at radius 3 is 2.62 bits per heavy atom. The topological polar surface area (TPSA) is 55.8 Å². The van der Waals surface area contributed by atoms with Gasteiger partial charge in [0.05, 0.1) is 7.11 Å². The Kier molecular flexibility index (Phi) is 4.99. The Bertz CT molecular complexity index is 632. The van der Waals surface area contributed by atoms with E-state index in [1.54, 1.807) is 18.2 Å². The number of benzene rings is 2. The number of hydrogen-bond acceptors (Lipinski definition) is 4. The van der Waals surface area contributed by atoms with Crippen LogP contribution in [-0.2, 0) is 4.74 Å². The van der Waals surface area contributed by atoms with Gasteiger partial charge >= 0.3 is 5.97 Å². The third-order valence-electron chi connectivity index (χ3n) is 2.86. The van der Waals surface area contributed by atoms with Gasteiger partial charge in [-0.05, 0) is 23.8 Å². The van der Waals surface area contributed by atoms with Crippen LogP contribution in [0.5, 0.6) is 11.5 Å². The number of hydrogen-bond donors (Lipinski definition) is 1. The van der Waals surface area contributed by atoms with Crippen LogP contribution in [0.2, 0.25) is 0 Å². The van der Waals surface area contributed by atoms with Crippen LogP contribution in [0.1, 0.15) is 15.9 Å². The zero-order chi connectivity index (χ0) is 15.1. The van der Waals surface area contributed by atoms with Gasteiger partial charge in [-0.15, -0.1) is 0 Å². The molecule has 108 valence electrons. The fourth-order valence-corrected chi connectivity index (χ4v) is 1.80. The smallest absolute Gasteiger partial charge is 0.342 e.